The number of hydrogen-bond acceptors (Lipinski definition) is 2. The molecule has 2 N–H and O–H groups in total. The Morgan fingerprint density at radius 1 is 1.31 bits per heavy atom. The van der Waals surface area contributed by atoms with Crippen LogP contribution in [-0.4, -0.2) is 13.7 Å². The van der Waals surface area contributed by atoms with Gasteiger partial charge in [-0.2, -0.15) is 0 Å². The highest BCUT2D eigenvalue weighted by Gasteiger charge is 2.23. The van der Waals surface area contributed by atoms with Gasteiger partial charge in [0.05, 0.1) is 7.11 Å². The van der Waals surface area contributed by atoms with Crippen LogP contribution in [-0.2, 0) is 5.41 Å². The van der Waals surface area contributed by atoms with Gasteiger partial charge in [0.25, 0.3) is 0 Å². The smallest absolute Gasteiger partial charge is 0.122 e. The minimum atomic E-state index is -0.0408. The first-order chi connectivity index (χ1) is 7.42. The van der Waals surface area contributed by atoms with Crippen LogP contribution in [0.1, 0.15) is 44.7 Å². The summed E-state index contributed by atoms with van der Waals surface area (Å²) in [5, 5.41) is 0. The van der Waals surface area contributed by atoms with Crippen LogP contribution >= 0.6 is 0 Å². The normalized spacial score (nSPS) is 11.9. The van der Waals surface area contributed by atoms with Crippen LogP contribution in [0.4, 0.5) is 0 Å². The van der Waals surface area contributed by atoms with Gasteiger partial charge in [-0.15, -0.1) is 0 Å². The highest BCUT2D eigenvalue weighted by atomic mass is 16.5. The van der Waals surface area contributed by atoms with Gasteiger partial charge in [0.15, 0.2) is 0 Å². The quantitative estimate of drug-likeness (QED) is 0.848. The first kappa shape index (κ1) is 13.0. The van der Waals surface area contributed by atoms with Crippen LogP contribution in [0.5, 0.6) is 5.75 Å². The third-order valence-corrected chi connectivity index (χ3v) is 3.13. The Bertz CT molecular complexity index is 356. The fourth-order valence-electron chi connectivity index (χ4n) is 1.74. The lowest BCUT2D eigenvalue weighted by Gasteiger charge is -2.26. The number of methoxy groups -OCH3 is 1. The summed E-state index contributed by atoms with van der Waals surface area (Å²) < 4.78 is 5.47. The number of ether oxygens (including phenoxy) is 1. The zero-order chi connectivity index (χ0) is 12.3. The second-order valence-corrected chi connectivity index (χ2v) is 5.20. The Balaban J connectivity index is 3.22. The molecule has 0 bridgehead atoms. The molecule has 0 saturated carbocycles. The fraction of sp³-hybridized carbons (Fsp3) is 0.571. The van der Waals surface area contributed by atoms with Crippen LogP contribution in [0.25, 0.3) is 0 Å². The average Bonchev–Trinajstić information content (AvgIpc) is 2.28. The molecule has 0 fully saturated rings. The van der Waals surface area contributed by atoms with E-state index in [2.05, 4.69) is 45.9 Å². The summed E-state index contributed by atoms with van der Waals surface area (Å²) in [7, 11) is 1.72. The van der Waals surface area contributed by atoms with E-state index in [0.717, 1.165) is 5.75 Å². The predicted molar refractivity (Wildman–Crippen MR) is 69.2 cm³/mol. The molecule has 0 atom stereocenters. The van der Waals surface area contributed by atoms with Crippen LogP contribution in [0.15, 0.2) is 18.2 Å². The van der Waals surface area contributed by atoms with Gasteiger partial charge in [-0.3, -0.25) is 0 Å². The molecule has 16 heavy (non-hydrogen) atoms. The summed E-state index contributed by atoms with van der Waals surface area (Å²) >= 11 is 0. The molecule has 0 unspecified atom stereocenters. The van der Waals surface area contributed by atoms with Crippen molar-refractivity contribution in [2.45, 2.75) is 39.0 Å². The second-order valence-electron chi connectivity index (χ2n) is 5.20. The van der Waals surface area contributed by atoms with Crippen LogP contribution in [0.3, 0.4) is 0 Å². The molecule has 0 spiro atoms. The van der Waals surface area contributed by atoms with E-state index in [1.807, 2.05) is 0 Å². The van der Waals surface area contributed by atoms with Gasteiger partial charge in [0.1, 0.15) is 5.75 Å². The summed E-state index contributed by atoms with van der Waals surface area (Å²) in [5.41, 5.74) is 8.25. The molecule has 1 rings (SSSR count). The van der Waals surface area contributed by atoms with Gasteiger partial charge in [0.2, 0.25) is 0 Å². The zero-order valence-electron chi connectivity index (χ0n) is 11.0. The molecule has 90 valence electrons. The van der Waals surface area contributed by atoms with E-state index in [0.29, 0.717) is 12.5 Å². The van der Waals surface area contributed by atoms with E-state index in [1.165, 1.54) is 11.1 Å². The molecule has 1 aromatic rings. The van der Waals surface area contributed by atoms with Crippen molar-refractivity contribution < 1.29 is 4.74 Å². The Hall–Kier alpha value is -1.02. The molecular weight excluding hydrogens is 198 g/mol. The van der Waals surface area contributed by atoms with Gasteiger partial charge < -0.3 is 10.5 Å². The molecule has 1 aromatic carbocycles. The van der Waals surface area contributed by atoms with E-state index >= 15 is 0 Å². The van der Waals surface area contributed by atoms with Crippen molar-refractivity contribution in [3.63, 3.8) is 0 Å². The summed E-state index contributed by atoms with van der Waals surface area (Å²) in [6.07, 6.45) is 0. The number of nitrogens with two attached hydrogens (primary N) is 1. The average molecular weight is 221 g/mol. The SMILES string of the molecule is COc1cc(C(C)C)ccc1C(C)(C)CN. The zero-order valence-corrected chi connectivity index (χ0v) is 11.0. The minimum absolute atomic E-state index is 0.0408. The van der Waals surface area contributed by atoms with Crippen molar-refractivity contribution in [2.24, 2.45) is 5.73 Å². The van der Waals surface area contributed by atoms with E-state index in [9.17, 15) is 0 Å². The van der Waals surface area contributed by atoms with Gasteiger partial charge >= 0.3 is 0 Å². The van der Waals surface area contributed by atoms with Crippen LogP contribution < -0.4 is 10.5 Å². The molecule has 0 saturated heterocycles. The molecule has 2 nitrogen and oxygen atoms in total. The Morgan fingerprint density at radius 2 is 1.94 bits per heavy atom. The molecule has 0 aliphatic carbocycles. The Morgan fingerprint density at radius 3 is 2.38 bits per heavy atom. The molecule has 0 heterocycles. The van der Waals surface area contributed by atoms with E-state index in [4.69, 9.17) is 10.5 Å². The fourth-order valence-corrected chi connectivity index (χ4v) is 1.74. The molecule has 0 amide bonds. The molecule has 0 aromatic heterocycles. The maximum atomic E-state index is 5.80. The lowest BCUT2D eigenvalue weighted by atomic mass is 9.83. The van der Waals surface area contributed by atoms with Crippen molar-refractivity contribution >= 4 is 0 Å². The third kappa shape index (κ3) is 2.56. The standard InChI is InChI=1S/C14H23NO/c1-10(2)11-6-7-12(13(8-11)16-5)14(3,4)9-15/h6-8,10H,9,15H2,1-5H3. The maximum Gasteiger partial charge on any atom is 0.122 e. The maximum absolute atomic E-state index is 5.80. The van der Waals surface area contributed by atoms with Crippen molar-refractivity contribution in [2.75, 3.05) is 13.7 Å². The van der Waals surface area contributed by atoms with Crippen molar-refractivity contribution in [1.29, 1.82) is 0 Å². The topological polar surface area (TPSA) is 35.2 Å². The van der Waals surface area contributed by atoms with Gasteiger partial charge in [-0.1, -0.05) is 39.8 Å². The van der Waals surface area contributed by atoms with Crippen LogP contribution in [0.2, 0.25) is 0 Å². The summed E-state index contributed by atoms with van der Waals surface area (Å²) in [6.45, 7) is 9.26. The van der Waals surface area contributed by atoms with Crippen LogP contribution in [0, 0.1) is 0 Å². The Labute approximate surface area is 98.8 Å². The lowest BCUT2D eigenvalue weighted by molar-refractivity contribution is 0.393. The highest BCUT2D eigenvalue weighted by Crippen LogP contribution is 2.33. The van der Waals surface area contributed by atoms with Crippen molar-refractivity contribution in [1.82, 2.24) is 0 Å². The lowest BCUT2D eigenvalue weighted by Crippen LogP contribution is -2.28. The first-order valence-electron chi connectivity index (χ1n) is 5.81. The number of hydrogen-bond donors (Lipinski definition) is 1. The van der Waals surface area contributed by atoms with Gasteiger partial charge in [0, 0.05) is 17.5 Å². The predicted octanol–water partition coefficient (Wildman–Crippen LogP) is 3.05. The largest absolute Gasteiger partial charge is 0.496 e. The summed E-state index contributed by atoms with van der Waals surface area (Å²) in [6, 6.07) is 6.43. The minimum Gasteiger partial charge on any atom is -0.496 e. The number of rotatable bonds is 4. The van der Waals surface area contributed by atoms with E-state index in [-0.39, 0.29) is 5.41 Å². The van der Waals surface area contributed by atoms with Gasteiger partial charge in [-0.05, 0) is 17.5 Å². The molecule has 2 heteroatoms. The second kappa shape index (κ2) is 4.88. The summed E-state index contributed by atoms with van der Waals surface area (Å²) in [4.78, 5) is 0. The van der Waals surface area contributed by atoms with E-state index < -0.39 is 0 Å². The summed E-state index contributed by atoms with van der Waals surface area (Å²) in [5.74, 6) is 1.46. The number of benzene rings is 1. The molecular formula is C14H23NO. The highest BCUT2D eigenvalue weighted by molar-refractivity contribution is 5.43. The monoisotopic (exact) mass is 221 g/mol. The van der Waals surface area contributed by atoms with E-state index in [1.54, 1.807) is 7.11 Å². The molecule has 0 aliphatic rings. The molecule has 0 radical (unpaired) electrons. The van der Waals surface area contributed by atoms with Crippen molar-refractivity contribution in [3.05, 3.63) is 29.3 Å². The Kier molecular flexibility index (Phi) is 3.98. The first-order valence-corrected chi connectivity index (χ1v) is 5.81. The molecule has 0 aliphatic heterocycles. The van der Waals surface area contributed by atoms with Gasteiger partial charge in [-0.25, -0.2) is 0 Å². The van der Waals surface area contributed by atoms with Crippen molar-refractivity contribution in [3.8, 4) is 5.75 Å². The third-order valence-electron chi connectivity index (χ3n) is 3.13.